The quantitative estimate of drug-likeness (QED) is 0.512. The topological polar surface area (TPSA) is 50.4 Å². The first kappa shape index (κ1) is 9.71. The van der Waals surface area contributed by atoms with Gasteiger partial charge in [0, 0.05) is 12.5 Å². The Morgan fingerprint density at radius 1 is 1.50 bits per heavy atom. The van der Waals surface area contributed by atoms with E-state index in [2.05, 4.69) is 10.6 Å². The molecule has 0 bridgehead atoms. The Hall–Kier alpha value is -0.840. The molecule has 1 heterocycles. The third-order valence-electron chi connectivity index (χ3n) is 2.39. The molecule has 2 atom stereocenters. The molecular formula is C9H14N2O2S. The van der Waals surface area contributed by atoms with Crippen molar-refractivity contribution < 1.29 is 9.53 Å². The number of cyclic esters (lactones) is 1. The third kappa shape index (κ3) is 2.35. The first-order chi connectivity index (χ1) is 6.65. The zero-order chi connectivity index (χ0) is 10.1. The van der Waals surface area contributed by atoms with Crippen molar-refractivity contribution in [3.05, 3.63) is 0 Å². The van der Waals surface area contributed by atoms with Crippen molar-refractivity contribution in [2.75, 3.05) is 0 Å². The van der Waals surface area contributed by atoms with Crippen molar-refractivity contribution >= 4 is 23.3 Å². The Morgan fingerprint density at radius 2 is 2.21 bits per heavy atom. The van der Waals surface area contributed by atoms with Gasteiger partial charge in [-0.25, -0.2) is 4.79 Å². The number of hydrogen-bond donors (Lipinski definition) is 2. The predicted molar refractivity (Wildman–Crippen MR) is 55.9 cm³/mol. The lowest BCUT2D eigenvalue weighted by Gasteiger charge is -2.12. The fourth-order valence-corrected chi connectivity index (χ4v) is 1.80. The number of rotatable bonds is 2. The van der Waals surface area contributed by atoms with Crippen molar-refractivity contribution in [3.8, 4) is 0 Å². The molecule has 0 aromatic carbocycles. The lowest BCUT2D eigenvalue weighted by Crippen LogP contribution is -2.44. The molecule has 14 heavy (non-hydrogen) atoms. The Morgan fingerprint density at radius 3 is 2.71 bits per heavy atom. The van der Waals surface area contributed by atoms with Crippen molar-refractivity contribution in [1.82, 2.24) is 10.6 Å². The lowest BCUT2D eigenvalue weighted by molar-refractivity contribution is -0.142. The van der Waals surface area contributed by atoms with Gasteiger partial charge in [-0.1, -0.05) is 0 Å². The van der Waals surface area contributed by atoms with Gasteiger partial charge in [-0.05, 0) is 32.0 Å². The number of carbonyl (C=O) groups excluding carboxylic acids is 1. The van der Waals surface area contributed by atoms with Gasteiger partial charge in [-0.15, -0.1) is 0 Å². The molecule has 2 fully saturated rings. The summed E-state index contributed by atoms with van der Waals surface area (Å²) in [7, 11) is 0. The summed E-state index contributed by atoms with van der Waals surface area (Å²) in [6.07, 6.45) is 3.05. The summed E-state index contributed by atoms with van der Waals surface area (Å²) in [6, 6.07) is 0.258. The van der Waals surface area contributed by atoms with E-state index in [0.29, 0.717) is 17.6 Å². The van der Waals surface area contributed by atoms with Crippen LogP contribution in [0, 0.1) is 0 Å². The second-order valence-corrected chi connectivity index (χ2v) is 4.34. The molecule has 2 rings (SSSR count). The Bertz CT molecular complexity index is 266. The zero-order valence-corrected chi connectivity index (χ0v) is 8.89. The fraction of sp³-hybridized carbons (Fsp3) is 0.778. The van der Waals surface area contributed by atoms with Gasteiger partial charge in [0.1, 0.15) is 12.1 Å². The summed E-state index contributed by atoms with van der Waals surface area (Å²) in [6.45, 7) is 1.89. The molecule has 0 aromatic heterocycles. The van der Waals surface area contributed by atoms with Crippen LogP contribution in [0.3, 0.4) is 0 Å². The lowest BCUT2D eigenvalue weighted by atomic mass is 10.2. The number of hydrogen-bond acceptors (Lipinski definition) is 3. The molecule has 2 aliphatic rings. The van der Waals surface area contributed by atoms with E-state index in [1.54, 1.807) is 0 Å². The molecule has 0 aromatic rings. The van der Waals surface area contributed by atoms with Crippen LogP contribution in [0.25, 0.3) is 0 Å². The normalized spacial score (nSPS) is 31.1. The highest BCUT2D eigenvalue weighted by Gasteiger charge is 2.33. The minimum Gasteiger partial charge on any atom is -0.461 e. The van der Waals surface area contributed by atoms with Gasteiger partial charge < -0.3 is 15.4 Å². The molecule has 2 N–H and O–H groups in total. The highest BCUT2D eigenvalue weighted by Crippen LogP contribution is 2.19. The van der Waals surface area contributed by atoms with E-state index in [4.69, 9.17) is 17.0 Å². The maximum atomic E-state index is 11.2. The van der Waals surface area contributed by atoms with E-state index in [1.807, 2.05) is 6.92 Å². The molecule has 0 unspecified atom stereocenters. The van der Waals surface area contributed by atoms with Crippen LogP contribution in [0.15, 0.2) is 0 Å². The van der Waals surface area contributed by atoms with Crippen LogP contribution in [0.5, 0.6) is 0 Å². The van der Waals surface area contributed by atoms with Gasteiger partial charge >= 0.3 is 5.97 Å². The van der Waals surface area contributed by atoms with Crippen molar-refractivity contribution in [2.24, 2.45) is 0 Å². The minimum absolute atomic E-state index is 0.00345. The largest absolute Gasteiger partial charge is 0.461 e. The molecule has 1 aliphatic heterocycles. The molecule has 1 saturated heterocycles. The number of thiocarbonyl (C=S) groups is 1. The van der Waals surface area contributed by atoms with Crippen LogP contribution in [0.4, 0.5) is 0 Å². The first-order valence-corrected chi connectivity index (χ1v) is 5.33. The van der Waals surface area contributed by atoms with Gasteiger partial charge in [0.25, 0.3) is 0 Å². The van der Waals surface area contributed by atoms with E-state index in [0.717, 1.165) is 0 Å². The fourth-order valence-electron chi connectivity index (χ4n) is 1.49. The summed E-state index contributed by atoms with van der Waals surface area (Å²) in [5.41, 5.74) is 0. The highest BCUT2D eigenvalue weighted by molar-refractivity contribution is 7.80. The molecule has 1 aliphatic carbocycles. The van der Waals surface area contributed by atoms with Crippen LogP contribution in [-0.2, 0) is 9.53 Å². The van der Waals surface area contributed by atoms with E-state index in [-0.39, 0.29) is 18.1 Å². The van der Waals surface area contributed by atoms with Crippen molar-refractivity contribution in [2.45, 2.75) is 44.4 Å². The van der Waals surface area contributed by atoms with Crippen LogP contribution >= 0.6 is 12.2 Å². The van der Waals surface area contributed by atoms with E-state index < -0.39 is 0 Å². The molecule has 78 valence electrons. The summed E-state index contributed by atoms with van der Waals surface area (Å²) in [5, 5.41) is 6.68. The Kier molecular flexibility index (Phi) is 2.58. The molecule has 5 heteroatoms. The van der Waals surface area contributed by atoms with E-state index >= 15 is 0 Å². The zero-order valence-electron chi connectivity index (χ0n) is 8.08. The number of ether oxygens (including phenoxy) is 1. The van der Waals surface area contributed by atoms with Gasteiger partial charge in [0.15, 0.2) is 5.11 Å². The Balaban J connectivity index is 1.78. The number of carbonyl (C=O) groups is 1. The van der Waals surface area contributed by atoms with Crippen LogP contribution in [0.1, 0.15) is 26.2 Å². The molecular weight excluding hydrogens is 200 g/mol. The summed E-state index contributed by atoms with van der Waals surface area (Å²) < 4.78 is 5.01. The first-order valence-electron chi connectivity index (χ1n) is 4.92. The molecule has 0 spiro atoms. The van der Waals surface area contributed by atoms with Crippen molar-refractivity contribution in [3.63, 3.8) is 0 Å². The van der Waals surface area contributed by atoms with Gasteiger partial charge in [0.2, 0.25) is 0 Å². The minimum atomic E-state index is -0.260. The standard InChI is InChI=1S/C9H14N2O2S/c1-5-4-7(8(12)13-5)11-9(14)10-6-2-3-6/h5-7H,2-4H2,1H3,(H2,10,11,14)/t5-,7+/m0/s1. The third-order valence-corrected chi connectivity index (χ3v) is 2.62. The summed E-state index contributed by atoms with van der Waals surface area (Å²) in [4.78, 5) is 11.2. The summed E-state index contributed by atoms with van der Waals surface area (Å²) in [5.74, 6) is -0.197. The summed E-state index contributed by atoms with van der Waals surface area (Å²) >= 11 is 5.07. The predicted octanol–water partition coefficient (Wildman–Crippen LogP) is 0.317. The highest BCUT2D eigenvalue weighted by atomic mass is 32.1. The smallest absolute Gasteiger partial charge is 0.329 e. The molecule has 1 saturated carbocycles. The average Bonchev–Trinajstić information content (AvgIpc) is 2.81. The monoisotopic (exact) mass is 214 g/mol. The van der Waals surface area contributed by atoms with Crippen molar-refractivity contribution in [1.29, 1.82) is 0 Å². The van der Waals surface area contributed by atoms with Crippen LogP contribution < -0.4 is 10.6 Å². The molecule has 4 nitrogen and oxygen atoms in total. The van der Waals surface area contributed by atoms with E-state index in [9.17, 15) is 4.79 Å². The van der Waals surface area contributed by atoms with Crippen LogP contribution in [-0.4, -0.2) is 29.3 Å². The van der Waals surface area contributed by atoms with Gasteiger partial charge in [-0.3, -0.25) is 0 Å². The Labute approximate surface area is 88.4 Å². The number of esters is 1. The van der Waals surface area contributed by atoms with Crippen LogP contribution in [0.2, 0.25) is 0 Å². The van der Waals surface area contributed by atoms with Gasteiger partial charge in [0.05, 0.1) is 0 Å². The van der Waals surface area contributed by atoms with E-state index in [1.165, 1.54) is 12.8 Å². The molecule has 0 radical (unpaired) electrons. The second-order valence-electron chi connectivity index (χ2n) is 3.93. The average molecular weight is 214 g/mol. The molecule has 0 amide bonds. The van der Waals surface area contributed by atoms with Gasteiger partial charge in [-0.2, -0.15) is 0 Å². The SMILES string of the molecule is C[C@H]1C[C@@H](NC(=S)NC2CC2)C(=O)O1. The maximum absolute atomic E-state index is 11.2. The number of nitrogens with one attached hydrogen (secondary N) is 2. The second kappa shape index (κ2) is 3.73. The maximum Gasteiger partial charge on any atom is 0.329 e.